The van der Waals surface area contributed by atoms with Crippen molar-refractivity contribution in [2.45, 2.75) is 19.9 Å². The van der Waals surface area contributed by atoms with Crippen LogP contribution in [0.4, 0.5) is 5.82 Å². The summed E-state index contributed by atoms with van der Waals surface area (Å²) in [5.41, 5.74) is 2.49. The molecule has 0 atom stereocenters. The molecule has 2 aromatic heterocycles. The summed E-state index contributed by atoms with van der Waals surface area (Å²) in [5, 5.41) is 2.99. The molecular formula is C24H28N6O2. The lowest BCUT2D eigenvalue weighted by atomic mass is 10.2. The van der Waals surface area contributed by atoms with Crippen LogP contribution in [0.5, 0.6) is 0 Å². The summed E-state index contributed by atoms with van der Waals surface area (Å²) >= 11 is 0. The molecule has 1 aromatic carbocycles. The number of rotatable bonds is 7. The normalized spacial score (nSPS) is 14.3. The molecule has 1 saturated heterocycles. The average molecular weight is 433 g/mol. The Morgan fingerprint density at radius 3 is 2.56 bits per heavy atom. The van der Waals surface area contributed by atoms with Crippen molar-refractivity contribution >= 4 is 11.7 Å². The lowest BCUT2D eigenvalue weighted by Gasteiger charge is -2.35. The Hall–Kier alpha value is -3.52. The number of piperazine rings is 1. The van der Waals surface area contributed by atoms with Gasteiger partial charge in [0.25, 0.3) is 5.56 Å². The fourth-order valence-electron chi connectivity index (χ4n) is 3.73. The summed E-state index contributed by atoms with van der Waals surface area (Å²) in [6, 6.07) is 15.3. The molecule has 0 radical (unpaired) electrons. The van der Waals surface area contributed by atoms with Crippen molar-refractivity contribution in [3.8, 4) is 11.4 Å². The zero-order chi connectivity index (χ0) is 22.3. The number of benzene rings is 1. The van der Waals surface area contributed by atoms with E-state index in [0.29, 0.717) is 25.3 Å². The van der Waals surface area contributed by atoms with E-state index in [0.717, 1.165) is 48.8 Å². The minimum absolute atomic E-state index is 0.0422. The molecular weight excluding hydrogens is 404 g/mol. The third-order valence-corrected chi connectivity index (χ3v) is 5.57. The van der Waals surface area contributed by atoms with Crippen LogP contribution in [0.2, 0.25) is 0 Å². The van der Waals surface area contributed by atoms with Crippen molar-refractivity contribution < 1.29 is 4.79 Å². The summed E-state index contributed by atoms with van der Waals surface area (Å²) in [4.78, 5) is 40.3. The average Bonchev–Trinajstić information content (AvgIpc) is 2.83. The van der Waals surface area contributed by atoms with Crippen LogP contribution >= 0.6 is 0 Å². The number of carbonyl (C=O) groups excluding carboxylic acids is 1. The van der Waals surface area contributed by atoms with Gasteiger partial charge in [0.15, 0.2) is 0 Å². The first-order valence-electron chi connectivity index (χ1n) is 11.0. The number of amides is 1. The van der Waals surface area contributed by atoms with Crippen LogP contribution < -0.4 is 15.8 Å². The summed E-state index contributed by atoms with van der Waals surface area (Å²) < 4.78 is 0. The second-order valence-electron chi connectivity index (χ2n) is 7.87. The SMILES string of the molecule is CCc1cc(=O)[nH]c(-c2ccc(N3CCN(CC(=O)NCc4ccccc4)CC3)nc2)n1. The number of nitrogens with zero attached hydrogens (tertiary/aromatic N) is 4. The van der Waals surface area contributed by atoms with Gasteiger partial charge in [-0.2, -0.15) is 0 Å². The number of carbonyl (C=O) groups is 1. The van der Waals surface area contributed by atoms with Gasteiger partial charge < -0.3 is 15.2 Å². The molecule has 1 amide bonds. The van der Waals surface area contributed by atoms with Crippen molar-refractivity contribution in [2.24, 2.45) is 0 Å². The lowest BCUT2D eigenvalue weighted by molar-refractivity contribution is -0.122. The van der Waals surface area contributed by atoms with Crippen LogP contribution in [-0.2, 0) is 17.8 Å². The molecule has 0 saturated carbocycles. The van der Waals surface area contributed by atoms with Crippen LogP contribution in [0.3, 0.4) is 0 Å². The van der Waals surface area contributed by atoms with Gasteiger partial charge in [-0.1, -0.05) is 37.3 Å². The number of hydrogen-bond acceptors (Lipinski definition) is 6. The van der Waals surface area contributed by atoms with Gasteiger partial charge in [-0.15, -0.1) is 0 Å². The molecule has 0 bridgehead atoms. The zero-order valence-corrected chi connectivity index (χ0v) is 18.3. The number of anilines is 1. The lowest BCUT2D eigenvalue weighted by Crippen LogP contribution is -2.49. The molecule has 1 aliphatic heterocycles. The van der Waals surface area contributed by atoms with Crippen molar-refractivity contribution in [3.05, 3.63) is 76.3 Å². The van der Waals surface area contributed by atoms with Crippen molar-refractivity contribution in [3.63, 3.8) is 0 Å². The number of nitrogens with one attached hydrogen (secondary N) is 2. The fraction of sp³-hybridized carbons (Fsp3) is 0.333. The van der Waals surface area contributed by atoms with E-state index in [-0.39, 0.29) is 11.5 Å². The second-order valence-corrected chi connectivity index (χ2v) is 7.87. The van der Waals surface area contributed by atoms with Crippen LogP contribution in [0.1, 0.15) is 18.2 Å². The number of aromatic amines is 1. The molecule has 0 aliphatic carbocycles. The van der Waals surface area contributed by atoms with Gasteiger partial charge in [-0.25, -0.2) is 9.97 Å². The van der Waals surface area contributed by atoms with Gasteiger partial charge in [0.2, 0.25) is 5.91 Å². The third-order valence-electron chi connectivity index (χ3n) is 5.57. The maximum atomic E-state index is 12.3. The summed E-state index contributed by atoms with van der Waals surface area (Å²) in [7, 11) is 0. The van der Waals surface area contributed by atoms with E-state index in [9.17, 15) is 9.59 Å². The monoisotopic (exact) mass is 432 g/mol. The minimum atomic E-state index is -0.153. The van der Waals surface area contributed by atoms with Gasteiger partial charge in [0, 0.05) is 56.2 Å². The third kappa shape index (κ3) is 5.59. The van der Waals surface area contributed by atoms with Crippen molar-refractivity contribution in [1.29, 1.82) is 0 Å². The first-order chi connectivity index (χ1) is 15.6. The van der Waals surface area contributed by atoms with E-state index >= 15 is 0 Å². The van der Waals surface area contributed by atoms with Gasteiger partial charge in [0.05, 0.1) is 6.54 Å². The Labute approximate surface area is 187 Å². The summed E-state index contributed by atoms with van der Waals surface area (Å²) in [6.45, 7) is 6.14. The highest BCUT2D eigenvalue weighted by molar-refractivity contribution is 5.78. The van der Waals surface area contributed by atoms with E-state index in [1.807, 2.05) is 49.4 Å². The van der Waals surface area contributed by atoms with Crippen LogP contribution in [0.15, 0.2) is 59.5 Å². The Kier molecular flexibility index (Phi) is 6.91. The van der Waals surface area contributed by atoms with Crippen molar-refractivity contribution in [1.82, 2.24) is 25.2 Å². The van der Waals surface area contributed by atoms with Gasteiger partial charge >= 0.3 is 0 Å². The molecule has 3 aromatic rings. The highest BCUT2D eigenvalue weighted by Crippen LogP contribution is 2.18. The van der Waals surface area contributed by atoms with Crippen LogP contribution in [0.25, 0.3) is 11.4 Å². The Morgan fingerprint density at radius 1 is 1.09 bits per heavy atom. The van der Waals surface area contributed by atoms with Gasteiger partial charge in [-0.05, 0) is 24.1 Å². The number of hydrogen-bond donors (Lipinski definition) is 2. The van der Waals surface area contributed by atoms with E-state index < -0.39 is 0 Å². The molecule has 4 rings (SSSR count). The molecule has 0 unspecified atom stereocenters. The molecule has 1 fully saturated rings. The molecule has 1 aliphatic rings. The maximum Gasteiger partial charge on any atom is 0.251 e. The fourth-order valence-corrected chi connectivity index (χ4v) is 3.73. The number of aryl methyl sites for hydroxylation is 1. The molecule has 8 heteroatoms. The predicted molar refractivity (Wildman–Crippen MR) is 124 cm³/mol. The van der Waals surface area contributed by atoms with Crippen LogP contribution in [-0.4, -0.2) is 58.5 Å². The zero-order valence-electron chi connectivity index (χ0n) is 18.3. The molecule has 32 heavy (non-hydrogen) atoms. The molecule has 166 valence electrons. The highest BCUT2D eigenvalue weighted by Gasteiger charge is 2.20. The van der Waals surface area contributed by atoms with Crippen LogP contribution in [0, 0.1) is 0 Å². The number of pyridine rings is 1. The number of H-pyrrole nitrogens is 1. The van der Waals surface area contributed by atoms with Crippen molar-refractivity contribution in [2.75, 3.05) is 37.6 Å². The Balaban J connectivity index is 1.28. The van der Waals surface area contributed by atoms with Gasteiger partial charge in [-0.3, -0.25) is 14.5 Å². The molecule has 3 heterocycles. The Bertz CT molecular complexity index is 1090. The minimum Gasteiger partial charge on any atom is -0.354 e. The molecule has 8 nitrogen and oxygen atoms in total. The van der Waals surface area contributed by atoms with E-state index in [1.54, 1.807) is 6.20 Å². The molecule has 0 spiro atoms. The largest absolute Gasteiger partial charge is 0.354 e. The highest BCUT2D eigenvalue weighted by atomic mass is 16.2. The smallest absolute Gasteiger partial charge is 0.251 e. The summed E-state index contributed by atoms with van der Waals surface area (Å²) in [5.74, 6) is 1.47. The standard InChI is InChI=1S/C24H28N6O2/c1-2-20-14-22(31)28-24(27-20)19-8-9-21(25-16-19)30-12-10-29(11-13-30)17-23(32)26-15-18-6-4-3-5-7-18/h3-9,14,16H,2,10-13,15,17H2,1H3,(H,26,32)(H,27,28,31). The predicted octanol–water partition coefficient (Wildman–Crippen LogP) is 1.83. The van der Waals surface area contributed by atoms with E-state index in [2.05, 4.69) is 30.1 Å². The van der Waals surface area contributed by atoms with E-state index in [1.165, 1.54) is 6.07 Å². The summed E-state index contributed by atoms with van der Waals surface area (Å²) in [6.07, 6.45) is 2.45. The van der Waals surface area contributed by atoms with E-state index in [4.69, 9.17) is 0 Å². The van der Waals surface area contributed by atoms with Gasteiger partial charge in [0.1, 0.15) is 11.6 Å². The number of aromatic nitrogens is 3. The quantitative estimate of drug-likeness (QED) is 0.592. The first-order valence-corrected chi connectivity index (χ1v) is 11.0. The first kappa shape index (κ1) is 21.7. The maximum absolute atomic E-state index is 12.3. The topological polar surface area (TPSA) is 94.2 Å². The second kappa shape index (κ2) is 10.2. The molecule has 2 N–H and O–H groups in total. The Morgan fingerprint density at radius 2 is 1.88 bits per heavy atom.